The number of benzene rings is 1. The fourth-order valence-corrected chi connectivity index (χ4v) is 3.66. The topological polar surface area (TPSA) is 47.4 Å². The molecule has 26 heavy (non-hydrogen) atoms. The Hall–Kier alpha value is -2.30. The lowest BCUT2D eigenvalue weighted by Crippen LogP contribution is -2.46. The Bertz CT molecular complexity index is 753. The first-order valence-electron chi connectivity index (χ1n) is 9.52. The fraction of sp³-hybridized carbons (Fsp3) is 0.524. The molecule has 2 heterocycles. The van der Waals surface area contributed by atoms with Crippen LogP contribution >= 0.6 is 0 Å². The number of carbonyl (C=O) groups is 1. The number of likely N-dealkylation sites (tertiary alicyclic amines) is 1. The number of aryl methyl sites for hydroxylation is 3. The normalized spacial score (nSPS) is 17.3. The van der Waals surface area contributed by atoms with Crippen molar-refractivity contribution in [1.29, 1.82) is 0 Å². The molecule has 1 aliphatic rings. The van der Waals surface area contributed by atoms with Crippen LogP contribution in [0.25, 0.3) is 0 Å². The van der Waals surface area contributed by atoms with E-state index in [2.05, 4.69) is 22.5 Å². The van der Waals surface area contributed by atoms with Crippen molar-refractivity contribution >= 4 is 5.91 Å². The van der Waals surface area contributed by atoms with Crippen molar-refractivity contribution in [1.82, 2.24) is 14.5 Å². The molecule has 0 N–H and O–H groups in total. The molecule has 1 atom stereocenters. The zero-order chi connectivity index (χ0) is 18.5. The Morgan fingerprint density at radius 3 is 2.88 bits per heavy atom. The summed E-state index contributed by atoms with van der Waals surface area (Å²) in [5.74, 6) is 1.93. The SMILES string of the molecule is Cc1cccc(OCC(=O)N2CCCC[C@@H]2CCn2ccnc2C)c1C. The van der Waals surface area contributed by atoms with Crippen LogP contribution in [0, 0.1) is 20.8 Å². The number of ether oxygens (including phenoxy) is 1. The summed E-state index contributed by atoms with van der Waals surface area (Å²) in [5.41, 5.74) is 2.28. The van der Waals surface area contributed by atoms with E-state index in [9.17, 15) is 4.79 Å². The number of imidazole rings is 1. The molecule has 2 aromatic rings. The molecule has 0 bridgehead atoms. The predicted molar refractivity (Wildman–Crippen MR) is 102 cm³/mol. The van der Waals surface area contributed by atoms with Gasteiger partial charge in [0.1, 0.15) is 11.6 Å². The summed E-state index contributed by atoms with van der Waals surface area (Å²) in [5, 5.41) is 0. The molecule has 5 heteroatoms. The average molecular weight is 355 g/mol. The standard InChI is InChI=1S/C21H29N3O2/c1-16-7-6-9-20(17(16)2)26-15-21(25)24-12-5-4-8-19(24)10-13-23-14-11-22-18(23)3/h6-7,9,11,14,19H,4-5,8,10,12-13,15H2,1-3H3/t19-/m1/s1. The van der Waals surface area contributed by atoms with Crippen molar-refractivity contribution in [2.45, 2.75) is 59.0 Å². The van der Waals surface area contributed by atoms with E-state index in [1.165, 1.54) is 12.0 Å². The van der Waals surface area contributed by atoms with Crippen LogP contribution in [0.15, 0.2) is 30.6 Å². The second kappa shape index (κ2) is 8.39. The van der Waals surface area contributed by atoms with Crippen LogP contribution < -0.4 is 4.74 Å². The molecule has 0 spiro atoms. The first kappa shape index (κ1) is 18.5. The van der Waals surface area contributed by atoms with Crippen molar-refractivity contribution in [3.05, 3.63) is 47.5 Å². The maximum atomic E-state index is 12.8. The van der Waals surface area contributed by atoms with Crippen molar-refractivity contribution in [3.63, 3.8) is 0 Å². The van der Waals surface area contributed by atoms with Crippen LogP contribution in [0.3, 0.4) is 0 Å². The van der Waals surface area contributed by atoms with E-state index in [0.717, 1.165) is 49.5 Å². The summed E-state index contributed by atoms with van der Waals surface area (Å²) in [6, 6.07) is 6.26. The van der Waals surface area contributed by atoms with E-state index >= 15 is 0 Å². The molecule has 5 nitrogen and oxygen atoms in total. The Morgan fingerprint density at radius 2 is 2.12 bits per heavy atom. The molecule has 1 aromatic heterocycles. The molecule has 1 saturated heterocycles. The van der Waals surface area contributed by atoms with Gasteiger partial charge in [-0.05, 0) is 63.6 Å². The first-order chi connectivity index (χ1) is 12.6. The van der Waals surface area contributed by atoms with Crippen LogP contribution in [0.2, 0.25) is 0 Å². The molecule has 0 unspecified atom stereocenters. The van der Waals surface area contributed by atoms with Gasteiger partial charge in [0.25, 0.3) is 5.91 Å². The molecule has 0 radical (unpaired) electrons. The third kappa shape index (κ3) is 4.26. The monoisotopic (exact) mass is 355 g/mol. The number of piperidine rings is 1. The Labute approximate surface area is 156 Å². The summed E-state index contributed by atoms with van der Waals surface area (Å²) < 4.78 is 8.00. The largest absolute Gasteiger partial charge is 0.483 e. The van der Waals surface area contributed by atoms with Gasteiger partial charge in [0, 0.05) is 31.5 Å². The maximum Gasteiger partial charge on any atom is 0.260 e. The first-order valence-corrected chi connectivity index (χ1v) is 9.52. The molecule has 1 amide bonds. The van der Waals surface area contributed by atoms with E-state index in [1.54, 1.807) is 0 Å². The zero-order valence-corrected chi connectivity index (χ0v) is 16.1. The Balaban J connectivity index is 1.58. The summed E-state index contributed by atoms with van der Waals surface area (Å²) in [6.45, 7) is 7.96. The van der Waals surface area contributed by atoms with Crippen LogP contribution in [0.5, 0.6) is 5.75 Å². The van der Waals surface area contributed by atoms with Gasteiger partial charge in [-0.2, -0.15) is 0 Å². The minimum absolute atomic E-state index is 0.0953. The van der Waals surface area contributed by atoms with E-state index in [-0.39, 0.29) is 12.5 Å². The third-order valence-electron chi connectivity index (χ3n) is 5.48. The van der Waals surface area contributed by atoms with Crippen LogP contribution in [0.4, 0.5) is 0 Å². The van der Waals surface area contributed by atoms with Crippen LogP contribution in [-0.4, -0.2) is 39.6 Å². The number of aromatic nitrogens is 2. The fourth-order valence-electron chi connectivity index (χ4n) is 3.66. The second-order valence-corrected chi connectivity index (χ2v) is 7.18. The number of hydrogen-bond donors (Lipinski definition) is 0. The summed E-state index contributed by atoms with van der Waals surface area (Å²) in [4.78, 5) is 19.1. The van der Waals surface area contributed by atoms with Gasteiger partial charge < -0.3 is 14.2 Å². The van der Waals surface area contributed by atoms with Crippen molar-refractivity contribution in [3.8, 4) is 5.75 Å². The molecule has 1 fully saturated rings. The van der Waals surface area contributed by atoms with Crippen LogP contribution in [-0.2, 0) is 11.3 Å². The lowest BCUT2D eigenvalue weighted by atomic mass is 9.99. The van der Waals surface area contributed by atoms with Crippen molar-refractivity contribution in [2.75, 3.05) is 13.2 Å². The summed E-state index contributed by atoms with van der Waals surface area (Å²) in [7, 11) is 0. The molecule has 140 valence electrons. The Morgan fingerprint density at radius 1 is 1.27 bits per heavy atom. The van der Waals surface area contributed by atoms with E-state index in [4.69, 9.17) is 4.74 Å². The minimum Gasteiger partial charge on any atom is -0.483 e. The lowest BCUT2D eigenvalue weighted by Gasteiger charge is -2.36. The molecule has 0 aliphatic carbocycles. The van der Waals surface area contributed by atoms with Gasteiger partial charge in [0.2, 0.25) is 0 Å². The number of rotatable bonds is 6. The van der Waals surface area contributed by atoms with Crippen LogP contribution in [0.1, 0.15) is 42.6 Å². The van der Waals surface area contributed by atoms with Gasteiger partial charge >= 0.3 is 0 Å². The zero-order valence-electron chi connectivity index (χ0n) is 16.1. The van der Waals surface area contributed by atoms with Gasteiger partial charge in [-0.25, -0.2) is 4.98 Å². The summed E-state index contributed by atoms with van der Waals surface area (Å²) in [6.07, 6.45) is 8.14. The molecule has 1 aromatic carbocycles. The average Bonchev–Trinajstić information content (AvgIpc) is 3.06. The lowest BCUT2D eigenvalue weighted by molar-refractivity contribution is -0.137. The highest BCUT2D eigenvalue weighted by Crippen LogP contribution is 2.23. The number of nitrogens with zero attached hydrogens (tertiary/aromatic N) is 3. The number of amides is 1. The van der Waals surface area contributed by atoms with Gasteiger partial charge in [0.15, 0.2) is 6.61 Å². The van der Waals surface area contributed by atoms with Gasteiger partial charge in [-0.3, -0.25) is 4.79 Å². The summed E-state index contributed by atoms with van der Waals surface area (Å²) >= 11 is 0. The maximum absolute atomic E-state index is 12.8. The van der Waals surface area contributed by atoms with Gasteiger partial charge in [0.05, 0.1) is 0 Å². The van der Waals surface area contributed by atoms with Gasteiger partial charge in [-0.1, -0.05) is 12.1 Å². The second-order valence-electron chi connectivity index (χ2n) is 7.18. The van der Waals surface area contributed by atoms with E-state index in [0.29, 0.717) is 6.04 Å². The highest BCUT2D eigenvalue weighted by Gasteiger charge is 2.26. The number of carbonyl (C=O) groups excluding carboxylic acids is 1. The highest BCUT2D eigenvalue weighted by atomic mass is 16.5. The molecular formula is C21H29N3O2. The highest BCUT2D eigenvalue weighted by molar-refractivity contribution is 5.78. The third-order valence-corrected chi connectivity index (χ3v) is 5.48. The smallest absolute Gasteiger partial charge is 0.260 e. The van der Waals surface area contributed by atoms with Gasteiger partial charge in [-0.15, -0.1) is 0 Å². The quantitative estimate of drug-likeness (QED) is 0.794. The predicted octanol–water partition coefficient (Wildman–Crippen LogP) is 3.66. The molecule has 3 rings (SSSR count). The molecule has 1 aliphatic heterocycles. The van der Waals surface area contributed by atoms with Crippen molar-refractivity contribution < 1.29 is 9.53 Å². The molecular weight excluding hydrogens is 326 g/mol. The van der Waals surface area contributed by atoms with E-state index < -0.39 is 0 Å². The Kier molecular flexibility index (Phi) is 5.96. The van der Waals surface area contributed by atoms with Crippen molar-refractivity contribution in [2.24, 2.45) is 0 Å². The van der Waals surface area contributed by atoms with E-state index in [1.807, 2.05) is 43.3 Å². The number of hydrogen-bond acceptors (Lipinski definition) is 3. The minimum atomic E-state index is 0.0953. The molecule has 0 saturated carbocycles.